The summed E-state index contributed by atoms with van der Waals surface area (Å²) in [6, 6.07) is 4.44. The van der Waals surface area contributed by atoms with Crippen LogP contribution in [0.4, 0.5) is 5.69 Å². The van der Waals surface area contributed by atoms with Crippen LogP contribution in [0.3, 0.4) is 0 Å². The molecule has 8 heteroatoms. The van der Waals surface area contributed by atoms with Crippen molar-refractivity contribution in [2.75, 3.05) is 30.7 Å². The molecule has 0 radical (unpaired) electrons. The van der Waals surface area contributed by atoms with E-state index in [-0.39, 0.29) is 18.5 Å². The zero-order chi connectivity index (χ0) is 15.2. The first-order valence-corrected chi connectivity index (χ1v) is 7.36. The number of carbonyl (C=O) groups is 2. The van der Waals surface area contributed by atoms with Crippen LogP contribution in [0.1, 0.15) is 0 Å². The molecule has 0 bridgehead atoms. The first-order valence-electron chi connectivity index (χ1n) is 6.21. The van der Waals surface area contributed by atoms with E-state index in [1.165, 1.54) is 18.9 Å². The maximum Gasteiger partial charge on any atom is 0.323 e. The number of rotatable bonds is 6. The van der Waals surface area contributed by atoms with Gasteiger partial charge in [-0.1, -0.05) is 0 Å². The lowest BCUT2D eigenvalue weighted by Gasteiger charge is -2.09. The summed E-state index contributed by atoms with van der Waals surface area (Å²) in [6.07, 6.45) is 0. The number of esters is 1. The van der Waals surface area contributed by atoms with E-state index in [1.807, 2.05) is 0 Å². The molecule has 21 heavy (non-hydrogen) atoms. The van der Waals surface area contributed by atoms with Gasteiger partial charge in [0.15, 0.2) is 11.5 Å². The molecule has 1 unspecified atom stereocenters. The molecule has 0 saturated carbocycles. The Hall–Kier alpha value is -1.93. The van der Waals surface area contributed by atoms with Gasteiger partial charge in [-0.15, -0.1) is 11.8 Å². The molecule has 3 N–H and O–H groups in total. The minimum absolute atomic E-state index is 0.184. The van der Waals surface area contributed by atoms with Crippen molar-refractivity contribution in [3.05, 3.63) is 18.2 Å². The van der Waals surface area contributed by atoms with Crippen LogP contribution in [0.15, 0.2) is 18.2 Å². The predicted octanol–water partition coefficient (Wildman–Crippen LogP) is 0.587. The van der Waals surface area contributed by atoms with Crippen LogP contribution in [0.25, 0.3) is 0 Å². The van der Waals surface area contributed by atoms with Gasteiger partial charge in [-0.05, 0) is 12.1 Å². The van der Waals surface area contributed by atoms with Gasteiger partial charge in [-0.2, -0.15) is 0 Å². The van der Waals surface area contributed by atoms with E-state index in [4.69, 9.17) is 15.2 Å². The van der Waals surface area contributed by atoms with Gasteiger partial charge in [0.1, 0.15) is 6.04 Å². The minimum Gasteiger partial charge on any atom is -0.468 e. The number of carbonyl (C=O) groups excluding carboxylic acids is 2. The summed E-state index contributed by atoms with van der Waals surface area (Å²) in [5.41, 5.74) is 6.20. The van der Waals surface area contributed by atoms with Crippen molar-refractivity contribution in [2.24, 2.45) is 5.73 Å². The standard InChI is InChI=1S/C13H16N2O5S/c1-18-13(17)9(14)5-21-6-12(16)15-8-2-3-10-11(4-8)20-7-19-10/h2-4,9H,5-7,14H2,1H3,(H,15,16). The molecule has 1 aromatic carbocycles. The highest BCUT2D eigenvalue weighted by Crippen LogP contribution is 2.34. The summed E-state index contributed by atoms with van der Waals surface area (Å²) in [7, 11) is 1.28. The molecule has 1 atom stereocenters. The van der Waals surface area contributed by atoms with Crippen LogP contribution in [0.5, 0.6) is 11.5 Å². The number of nitrogens with one attached hydrogen (secondary N) is 1. The minimum atomic E-state index is -0.724. The van der Waals surface area contributed by atoms with Crippen LogP contribution in [-0.4, -0.2) is 43.3 Å². The number of methoxy groups -OCH3 is 1. The maximum atomic E-state index is 11.8. The van der Waals surface area contributed by atoms with Crippen molar-refractivity contribution < 1.29 is 23.8 Å². The van der Waals surface area contributed by atoms with Gasteiger partial charge >= 0.3 is 5.97 Å². The van der Waals surface area contributed by atoms with Gasteiger partial charge in [0.2, 0.25) is 12.7 Å². The SMILES string of the molecule is COC(=O)C(N)CSCC(=O)Nc1ccc2c(c1)OCO2. The second kappa shape index (κ2) is 7.19. The lowest BCUT2D eigenvalue weighted by molar-refractivity contribution is -0.141. The molecule has 0 aromatic heterocycles. The summed E-state index contributed by atoms with van der Waals surface area (Å²) < 4.78 is 14.9. The first kappa shape index (κ1) is 15.5. The molecule has 2 rings (SSSR count). The second-order valence-electron chi connectivity index (χ2n) is 4.26. The molecular formula is C13H16N2O5S. The van der Waals surface area contributed by atoms with Crippen LogP contribution in [-0.2, 0) is 14.3 Å². The molecule has 1 aromatic rings. The Balaban J connectivity index is 1.76. The number of thioether (sulfide) groups is 1. The summed E-state index contributed by atoms with van der Waals surface area (Å²) in [6.45, 7) is 0.188. The Morgan fingerprint density at radius 1 is 1.43 bits per heavy atom. The molecule has 1 heterocycles. The summed E-state index contributed by atoms with van der Waals surface area (Å²) in [5, 5.41) is 2.74. The lowest BCUT2D eigenvalue weighted by atomic mass is 10.3. The molecule has 114 valence electrons. The maximum absolute atomic E-state index is 11.8. The molecule has 1 amide bonds. The third kappa shape index (κ3) is 4.27. The third-order valence-corrected chi connectivity index (χ3v) is 3.75. The van der Waals surface area contributed by atoms with E-state index < -0.39 is 12.0 Å². The van der Waals surface area contributed by atoms with E-state index in [0.717, 1.165) is 0 Å². The Bertz CT molecular complexity index is 537. The van der Waals surface area contributed by atoms with Crippen LogP contribution in [0, 0.1) is 0 Å². The fraction of sp³-hybridized carbons (Fsp3) is 0.385. The topological polar surface area (TPSA) is 99.9 Å². The van der Waals surface area contributed by atoms with Gasteiger partial charge < -0.3 is 25.3 Å². The molecule has 0 fully saturated rings. The molecule has 7 nitrogen and oxygen atoms in total. The highest BCUT2D eigenvalue weighted by atomic mass is 32.2. The van der Waals surface area contributed by atoms with E-state index in [9.17, 15) is 9.59 Å². The second-order valence-corrected chi connectivity index (χ2v) is 5.29. The van der Waals surface area contributed by atoms with E-state index in [2.05, 4.69) is 10.1 Å². The Morgan fingerprint density at radius 3 is 2.95 bits per heavy atom. The highest BCUT2D eigenvalue weighted by molar-refractivity contribution is 8.00. The predicted molar refractivity (Wildman–Crippen MR) is 78.5 cm³/mol. The Labute approximate surface area is 126 Å². The number of hydrogen-bond acceptors (Lipinski definition) is 7. The molecule has 0 saturated heterocycles. The van der Waals surface area contributed by atoms with Crippen LogP contribution in [0.2, 0.25) is 0 Å². The molecule has 0 spiro atoms. The van der Waals surface area contributed by atoms with Crippen molar-refractivity contribution in [2.45, 2.75) is 6.04 Å². The smallest absolute Gasteiger partial charge is 0.323 e. The number of ether oxygens (including phenoxy) is 3. The quantitative estimate of drug-likeness (QED) is 0.741. The Morgan fingerprint density at radius 2 is 2.19 bits per heavy atom. The monoisotopic (exact) mass is 312 g/mol. The summed E-state index contributed by atoms with van der Waals surface area (Å²) >= 11 is 1.26. The average Bonchev–Trinajstić information content (AvgIpc) is 2.93. The van der Waals surface area contributed by atoms with Crippen LogP contribution >= 0.6 is 11.8 Å². The van der Waals surface area contributed by atoms with Gasteiger partial charge in [0.25, 0.3) is 0 Å². The number of nitrogens with two attached hydrogens (primary N) is 1. The first-order chi connectivity index (χ1) is 10.1. The number of amides is 1. The van der Waals surface area contributed by atoms with Gasteiger partial charge in [-0.25, -0.2) is 0 Å². The highest BCUT2D eigenvalue weighted by Gasteiger charge is 2.16. The normalized spacial score (nSPS) is 13.6. The molecule has 0 aliphatic carbocycles. The average molecular weight is 312 g/mol. The number of hydrogen-bond donors (Lipinski definition) is 2. The van der Waals surface area contributed by atoms with Crippen molar-refractivity contribution in [3.63, 3.8) is 0 Å². The van der Waals surface area contributed by atoms with Gasteiger partial charge in [0, 0.05) is 17.5 Å². The zero-order valence-corrected chi connectivity index (χ0v) is 12.3. The fourth-order valence-corrected chi connectivity index (χ4v) is 2.43. The third-order valence-electron chi connectivity index (χ3n) is 2.69. The van der Waals surface area contributed by atoms with Crippen molar-refractivity contribution in [1.82, 2.24) is 0 Å². The number of anilines is 1. The van der Waals surface area contributed by atoms with Crippen molar-refractivity contribution >= 4 is 29.3 Å². The fourth-order valence-electron chi connectivity index (χ4n) is 1.67. The molecule has 1 aliphatic heterocycles. The molecular weight excluding hydrogens is 296 g/mol. The van der Waals surface area contributed by atoms with Gasteiger partial charge in [0.05, 0.1) is 12.9 Å². The van der Waals surface area contributed by atoms with Crippen molar-refractivity contribution in [3.8, 4) is 11.5 Å². The summed E-state index contributed by atoms with van der Waals surface area (Å²) in [4.78, 5) is 22.9. The van der Waals surface area contributed by atoms with Crippen molar-refractivity contribution in [1.29, 1.82) is 0 Å². The zero-order valence-electron chi connectivity index (χ0n) is 11.5. The van der Waals surface area contributed by atoms with E-state index in [0.29, 0.717) is 22.9 Å². The van der Waals surface area contributed by atoms with E-state index >= 15 is 0 Å². The van der Waals surface area contributed by atoms with E-state index in [1.54, 1.807) is 18.2 Å². The van der Waals surface area contributed by atoms with Crippen LogP contribution < -0.4 is 20.5 Å². The van der Waals surface area contributed by atoms with Gasteiger partial charge in [-0.3, -0.25) is 9.59 Å². The lowest BCUT2D eigenvalue weighted by Crippen LogP contribution is -2.34. The molecule has 1 aliphatic rings. The largest absolute Gasteiger partial charge is 0.468 e. The summed E-state index contributed by atoms with van der Waals surface area (Å²) in [5.74, 6) is 1.11. The Kier molecular flexibility index (Phi) is 5.29. The number of benzene rings is 1. The number of fused-ring (bicyclic) bond motifs is 1.